The highest BCUT2D eigenvalue weighted by molar-refractivity contribution is 5.83. The molecule has 0 spiro atoms. The first-order chi connectivity index (χ1) is 17.9. The summed E-state index contributed by atoms with van der Waals surface area (Å²) >= 11 is 0. The third-order valence-corrected chi connectivity index (χ3v) is 7.57. The molecule has 190 valence electrons. The Morgan fingerprint density at radius 1 is 1.14 bits per heavy atom. The van der Waals surface area contributed by atoms with Crippen molar-refractivity contribution >= 4 is 23.1 Å². The number of morpholine rings is 1. The molecule has 36 heavy (non-hydrogen) atoms. The summed E-state index contributed by atoms with van der Waals surface area (Å²) in [5.74, 6) is 1.91. The Balaban J connectivity index is 1.11. The van der Waals surface area contributed by atoms with Gasteiger partial charge in [-0.3, -0.25) is 4.90 Å². The molecule has 4 heterocycles. The molecule has 2 N–H and O–H groups in total. The Kier molecular flexibility index (Phi) is 7.11. The Bertz CT molecular complexity index is 1200. The van der Waals surface area contributed by atoms with E-state index in [-0.39, 0.29) is 6.04 Å². The molecule has 1 aromatic carbocycles. The number of nitrogens with one attached hydrogen (secondary N) is 2. The molecule has 2 aromatic heterocycles. The second-order valence-corrected chi connectivity index (χ2v) is 9.79. The van der Waals surface area contributed by atoms with Crippen LogP contribution in [0, 0.1) is 0 Å². The van der Waals surface area contributed by atoms with Crippen LogP contribution in [-0.2, 0) is 17.7 Å². The number of aromatic amines is 1. The highest BCUT2D eigenvalue weighted by atomic mass is 16.5. The first kappa shape index (κ1) is 23.4. The molecular formula is C27H35N7O2. The summed E-state index contributed by atoms with van der Waals surface area (Å²) in [7, 11) is 0. The van der Waals surface area contributed by atoms with Crippen molar-refractivity contribution in [1.82, 2.24) is 30.2 Å². The molecule has 3 aliphatic rings. The smallest absolute Gasteiger partial charge is 0.182 e. The van der Waals surface area contributed by atoms with E-state index in [9.17, 15) is 0 Å². The number of hydrogen-bond acceptors (Lipinski definition) is 8. The summed E-state index contributed by atoms with van der Waals surface area (Å²) in [5, 5.41) is 3.66. The SMILES string of the molecule is C1=Cc2c(OC[C@H]3CCCN3c3ncnc4nc[nH]c34)ccc(CNCCN3CCOCC3)c2CC1. The minimum Gasteiger partial charge on any atom is -0.491 e. The standard InChI is InChI=1S/C27H35N7O2/c1-2-6-23-22(5-1)20(16-28-9-11-33-12-14-35-15-13-33)7-8-24(23)36-17-21-4-3-10-34(21)27-25-26(30-18-29-25)31-19-32-27/h2,6-8,18-19,21,28H,1,3-5,9-17H2,(H,29,30,31,32)/t21-/m1/s1. The summed E-state index contributed by atoms with van der Waals surface area (Å²) in [5.41, 5.74) is 5.66. The van der Waals surface area contributed by atoms with Crippen molar-refractivity contribution in [2.24, 2.45) is 0 Å². The van der Waals surface area contributed by atoms with Gasteiger partial charge in [0, 0.05) is 44.8 Å². The number of ether oxygens (including phenoxy) is 2. The normalized spacial score (nSPS) is 20.2. The van der Waals surface area contributed by atoms with E-state index in [0.717, 1.165) is 95.2 Å². The van der Waals surface area contributed by atoms with Gasteiger partial charge in [-0.2, -0.15) is 0 Å². The quantitative estimate of drug-likeness (QED) is 0.444. The van der Waals surface area contributed by atoms with E-state index in [2.05, 4.69) is 59.3 Å². The van der Waals surface area contributed by atoms with Crippen molar-refractivity contribution in [3.63, 3.8) is 0 Å². The molecule has 3 aromatic rings. The van der Waals surface area contributed by atoms with Gasteiger partial charge in [0.2, 0.25) is 0 Å². The van der Waals surface area contributed by atoms with Crippen molar-refractivity contribution in [3.8, 4) is 5.75 Å². The van der Waals surface area contributed by atoms with E-state index in [1.165, 1.54) is 16.7 Å². The third-order valence-electron chi connectivity index (χ3n) is 7.57. The molecule has 9 nitrogen and oxygen atoms in total. The van der Waals surface area contributed by atoms with Crippen LogP contribution in [0.2, 0.25) is 0 Å². The Labute approximate surface area is 211 Å². The number of aromatic nitrogens is 4. The van der Waals surface area contributed by atoms with Crippen LogP contribution in [0.5, 0.6) is 5.75 Å². The monoisotopic (exact) mass is 489 g/mol. The number of fused-ring (bicyclic) bond motifs is 2. The van der Waals surface area contributed by atoms with Crippen molar-refractivity contribution in [2.45, 2.75) is 38.3 Å². The molecule has 0 unspecified atom stereocenters. The lowest BCUT2D eigenvalue weighted by Gasteiger charge is -2.27. The lowest BCUT2D eigenvalue weighted by atomic mass is 9.92. The second kappa shape index (κ2) is 10.9. The van der Waals surface area contributed by atoms with E-state index in [1.54, 1.807) is 12.7 Å². The number of benzene rings is 1. The fraction of sp³-hybridized carbons (Fsp3) is 0.519. The molecule has 2 aliphatic heterocycles. The van der Waals surface area contributed by atoms with Gasteiger partial charge in [-0.05, 0) is 42.9 Å². The summed E-state index contributed by atoms with van der Waals surface area (Å²) in [6.07, 6.45) is 12.2. The number of rotatable bonds is 9. The van der Waals surface area contributed by atoms with Gasteiger partial charge < -0.3 is 24.7 Å². The Morgan fingerprint density at radius 3 is 3.03 bits per heavy atom. The lowest BCUT2D eigenvalue weighted by molar-refractivity contribution is 0.0384. The van der Waals surface area contributed by atoms with E-state index >= 15 is 0 Å². The zero-order chi connectivity index (χ0) is 24.2. The van der Waals surface area contributed by atoms with E-state index in [4.69, 9.17) is 9.47 Å². The summed E-state index contributed by atoms with van der Waals surface area (Å²) < 4.78 is 11.9. The van der Waals surface area contributed by atoms with Gasteiger partial charge in [-0.25, -0.2) is 15.0 Å². The van der Waals surface area contributed by atoms with Crippen molar-refractivity contribution in [3.05, 3.63) is 47.6 Å². The predicted molar refractivity (Wildman–Crippen MR) is 140 cm³/mol. The number of imidazole rings is 1. The van der Waals surface area contributed by atoms with Gasteiger partial charge in [0.15, 0.2) is 11.5 Å². The van der Waals surface area contributed by atoms with Crippen molar-refractivity contribution in [1.29, 1.82) is 0 Å². The van der Waals surface area contributed by atoms with Crippen molar-refractivity contribution in [2.75, 3.05) is 57.4 Å². The molecule has 0 radical (unpaired) electrons. The largest absolute Gasteiger partial charge is 0.491 e. The van der Waals surface area contributed by atoms with Gasteiger partial charge in [0.1, 0.15) is 24.2 Å². The van der Waals surface area contributed by atoms with Crippen LogP contribution in [0.4, 0.5) is 5.82 Å². The molecule has 0 bridgehead atoms. The van der Waals surface area contributed by atoms with Gasteiger partial charge in [0.05, 0.1) is 25.6 Å². The number of H-pyrrole nitrogens is 1. The average Bonchev–Trinajstić information content (AvgIpc) is 3.60. The zero-order valence-corrected chi connectivity index (χ0v) is 20.8. The van der Waals surface area contributed by atoms with Crippen LogP contribution in [-0.4, -0.2) is 83.4 Å². The maximum Gasteiger partial charge on any atom is 0.182 e. The van der Waals surface area contributed by atoms with Crippen LogP contribution in [0.15, 0.2) is 30.9 Å². The molecule has 1 atom stereocenters. The summed E-state index contributed by atoms with van der Waals surface area (Å²) in [6, 6.07) is 4.68. The first-order valence-electron chi connectivity index (χ1n) is 13.2. The van der Waals surface area contributed by atoms with Gasteiger partial charge in [-0.1, -0.05) is 18.2 Å². The van der Waals surface area contributed by atoms with Gasteiger partial charge in [-0.15, -0.1) is 0 Å². The predicted octanol–water partition coefficient (Wildman–Crippen LogP) is 2.78. The molecule has 0 amide bonds. The maximum absolute atomic E-state index is 6.49. The Hall–Kier alpha value is -3.01. The minimum absolute atomic E-state index is 0.274. The summed E-state index contributed by atoms with van der Waals surface area (Å²) in [4.78, 5) is 21.2. The molecule has 1 aliphatic carbocycles. The van der Waals surface area contributed by atoms with Gasteiger partial charge in [0.25, 0.3) is 0 Å². The fourth-order valence-electron chi connectivity index (χ4n) is 5.62. The Morgan fingerprint density at radius 2 is 2.08 bits per heavy atom. The maximum atomic E-state index is 6.49. The van der Waals surface area contributed by atoms with E-state index in [1.807, 2.05) is 0 Å². The van der Waals surface area contributed by atoms with Crippen molar-refractivity contribution < 1.29 is 9.47 Å². The number of hydrogen-bond donors (Lipinski definition) is 2. The number of nitrogens with zero attached hydrogens (tertiary/aromatic N) is 5. The second-order valence-electron chi connectivity index (χ2n) is 9.79. The molecule has 9 heteroatoms. The van der Waals surface area contributed by atoms with E-state index < -0.39 is 0 Å². The minimum atomic E-state index is 0.274. The van der Waals surface area contributed by atoms with Crippen LogP contribution in [0.25, 0.3) is 17.2 Å². The fourth-order valence-corrected chi connectivity index (χ4v) is 5.62. The molecule has 0 saturated carbocycles. The average molecular weight is 490 g/mol. The molecule has 2 fully saturated rings. The number of allylic oxidation sites excluding steroid dienone is 1. The zero-order valence-electron chi connectivity index (χ0n) is 20.8. The highest BCUT2D eigenvalue weighted by Gasteiger charge is 2.29. The summed E-state index contributed by atoms with van der Waals surface area (Å²) in [6.45, 7) is 8.34. The van der Waals surface area contributed by atoms with Crippen LogP contribution < -0.4 is 15.0 Å². The molecule has 2 saturated heterocycles. The van der Waals surface area contributed by atoms with Crippen LogP contribution in [0.1, 0.15) is 36.0 Å². The number of anilines is 1. The van der Waals surface area contributed by atoms with Crippen LogP contribution in [0.3, 0.4) is 0 Å². The topological polar surface area (TPSA) is 91.4 Å². The molecular weight excluding hydrogens is 454 g/mol. The third kappa shape index (κ3) is 4.96. The molecule has 6 rings (SSSR count). The van der Waals surface area contributed by atoms with E-state index in [0.29, 0.717) is 12.3 Å². The van der Waals surface area contributed by atoms with Crippen LogP contribution >= 0.6 is 0 Å². The highest BCUT2D eigenvalue weighted by Crippen LogP contribution is 2.33. The van der Waals surface area contributed by atoms with Gasteiger partial charge >= 0.3 is 0 Å². The lowest BCUT2D eigenvalue weighted by Crippen LogP contribution is -2.40. The first-order valence-corrected chi connectivity index (χ1v) is 13.2.